The molecule has 0 atom stereocenters. The average Bonchev–Trinajstić information content (AvgIpc) is 3.22. The van der Waals surface area contributed by atoms with Gasteiger partial charge in [0.2, 0.25) is 11.8 Å². The van der Waals surface area contributed by atoms with Crippen LogP contribution < -0.4 is 20.9 Å². The fourth-order valence-corrected chi connectivity index (χ4v) is 3.11. The van der Waals surface area contributed by atoms with Crippen LogP contribution in [0.1, 0.15) is 28.8 Å². The fourth-order valence-electron chi connectivity index (χ4n) is 3.11. The van der Waals surface area contributed by atoms with Crippen molar-refractivity contribution in [2.24, 2.45) is 0 Å². The summed E-state index contributed by atoms with van der Waals surface area (Å²) in [6, 6.07) is 13.6. The van der Waals surface area contributed by atoms with Crippen LogP contribution in [0.2, 0.25) is 0 Å². The van der Waals surface area contributed by atoms with Crippen molar-refractivity contribution >= 4 is 35.2 Å². The summed E-state index contributed by atoms with van der Waals surface area (Å²) in [5.74, 6) is -0.611. The molecule has 1 saturated heterocycles. The predicted octanol–water partition coefficient (Wildman–Crippen LogP) is 2.04. The van der Waals surface area contributed by atoms with Crippen molar-refractivity contribution in [2.75, 3.05) is 30.4 Å². The van der Waals surface area contributed by atoms with Gasteiger partial charge in [0.25, 0.3) is 5.91 Å². The number of amides is 4. The average molecular weight is 424 g/mol. The van der Waals surface area contributed by atoms with Gasteiger partial charge >= 0.3 is 6.09 Å². The zero-order valence-electron chi connectivity index (χ0n) is 17.1. The normalized spacial score (nSPS) is 12.9. The van der Waals surface area contributed by atoms with Crippen LogP contribution in [0.5, 0.6) is 0 Å². The molecule has 3 N–H and O–H groups in total. The van der Waals surface area contributed by atoms with E-state index in [2.05, 4.69) is 20.7 Å². The third kappa shape index (κ3) is 6.05. The lowest BCUT2D eigenvalue weighted by atomic mass is 10.2. The largest absolute Gasteiger partial charge is 0.453 e. The molecule has 1 fully saturated rings. The van der Waals surface area contributed by atoms with Crippen molar-refractivity contribution in [3.63, 3.8) is 0 Å². The summed E-state index contributed by atoms with van der Waals surface area (Å²) < 4.78 is 4.52. The van der Waals surface area contributed by atoms with Crippen LogP contribution in [0.3, 0.4) is 0 Å². The Kier molecular flexibility index (Phi) is 7.21. The molecule has 3 rings (SSSR count). The number of carbonyl (C=O) groups excluding carboxylic acids is 4. The summed E-state index contributed by atoms with van der Waals surface area (Å²) in [6.45, 7) is 0.814. The first-order chi connectivity index (χ1) is 15.0. The second-order valence-corrected chi connectivity index (χ2v) is 6.97. The number of anilines is 2. The first kappa shape index (κ1) is 21.8. The Bertz CT molecular complexity index is 957. The summed E-state index contributed by atoms with van der Waals surface area (Å²) in [7, 11) is 1.28. The van der Waals surface area contributed by atoms with Gasteiger partial charge in [-0.1, -0.05) is 12.1 Å². The summed E-state index contributed by atoms with van der Waals surface area (Å²) in [4.78, 5) is 48.9. The van der Waals surface area contributed by atoms with E-state index in [1.165, 1.54) is 7.11 Å². The summed E-state index contributed by atoms with van der Waals surface area (Å²) in [5, 5.41) is 7.83. The Morgan fingerprint density at radius 3 is 2.32 bits per heavy atom. The standard InChI is InChI=1S/C22H24N4O5/c1-31-22(30)25-17-8-4-15(5-9-17)13-23-19(27)14-24-21(29)16-6-10-18(11-7-16)26-12-2-3-20(26)28/h4-11H,2-3,12-14H2,1H3,(H,23,27)(H,24,29)(H,25,30). The molecule has 0 saturated carbocycles. The van der Waals surface area contributed by atoms with Crippen molar-refractivity contribution in [3.8, 4) is 0 Å². The molecule has 1 aliphatic heterocycles. The smallest absolute Gasteiger partial charge is 0.411 e. The Hall–Kier alpha value is -3.88. The first-order valence-electron chi connectivity index (χ1n) is 9.85. The number of methoxy groups -OCH3 is 1. The molecule has 1 heterocycles. The highest BCUT2D eigenvalue weighted by atomic mass is 16.5. The van der Waals surface area contributed by atoms with Crippen LogP contribution in [0.4, 0.5) is 16.2 Å². The molecule has 2 aromatic rings. The van der Waals surface area contributed by atoms with Gasteiger partial charge in [0.15, 0.2) is 0 Å². The van der Waals surface area contributed by atoms with E-state index >= 15 is 0 Å². The first-order valence-corrected chi connectivity index (χ1v) is 9.85. The van der Waals surface area contributed by atoms with E-state index in [0.717, 1.165) is 17.7 Å². The van der Waals surface area contributed by atoms with Gasteiger partial charge < -0.3 is 20.3 Å². The molecule has 0 aliphatic carbocycles. The van der Waals surface area contributed by atoms with Crippen LogP contribution in [-0.4, -0.2) is 44.0 Å². The minimum atomic E-state index is -0.559. The molecule has 162 valence electrons. The molecule has 0 aromatic heterocycles. The van der Waals surface area contributed by atoms with E-state index in [-0.39, 0.29) is 30.8 Å². The lowest BCUT2D eigenvalue weighted by Crippen LogP contribution is -2.36. The molecule has 9 heteroatoms. The highest BCUT2D eigenvalue weighted by Crippen LogP contribution is 2.21. The van der Waals surface area contributed by atoms with E-state index in [0.29, 0.717) is 24.2 Å². The maximum Gasteiger partial charge on any atom is 0.411 e. The molecule has 1 aliphatic rings. The van der Waals surface area contributed by atoms with Gasteiger partial charge in [0.1, 0.15) is 0 Å². The second-order valence-electron chi connectivity index (χ2n) is 6.97. The molecule has 0 spiro atoms. The number of hydrogen-bond acceptors (Lipinski definition) is 5. The zero-order valence-corrected chi connectivity index (χ0v) is 17.1. The molecule has 0 unspecified atom stereocenters. The molecule has 4 amide bonds. The molecular weight excluding hydrogens is 400 g/mol. The van der Waals surface area contributed by atoms with Crippen molar-refractivity contribution in [2.45, 2.75) is 19.4 Å². The van der Waals surface area contributed by atoms with E-state index in [1.807, 2.05) is 0 Å². The zero-order chi connectivity index (χ0) is 22.2. The number of benzene rings is 2. The predicted molar refractivity (Wildman–Crippen MR) is 115 cm³/mol. The number of hydrogen-bond donors (Lipinski definition) is 3. The van der Waals surface area contributed by atoms with Gasteiger partial charge in [-0.25, -0.2) is 4.79 Å². The Labute approximate surface area is 179 Å². The Balaban J connectivity index is 1.42. The number of ether oxygens (including phenoxy) is 1. The molecule has 0 bridgehead atoms. The van der Waals surface area contributed by atoms with E-state index in [1.54, 1.807) is 53.4 Å². The van der Waals surface area contributed by atoms with Gasteiger partial charge in [-0.05, 0) is 48.4 Å². The van der Waals surface area contributed by atoms with E-state index in [4.69, 9.17) is 0 Å². The quantitative estimate of drug-likeness (QED) is 0.629. The minimum Gasteiger partial charge on any atom is -0.453 e. The lowest BCUT2D eigenvalue weighted by molar-refractivity contribution is -0.120. The van der Waals surface area contributed by atoms with Gasteiger partial charge in [0, 0.05) is 36.4 Å². The van der Waals surface area contributed by atoms with Gasteiger partial charge in [-0.15, -0.1) is 0 Å². The van der Waals surface area contributed by atoms with Crippen molar-refractivity contribution in [1.82, 2.24) is 10.6 Å². The molecule has 31 heavy (non-hydrogen) atoms. The Morgan fingerprint density at radius 1 is 1.00 bits per heavy atom. The number of carbonyl (C=O) groups is 4. The lowest BCUT2D eigenvalue weighted by Gasteiger charge is -2.15. The topological polar surface area (TPSA) is 117 Å². The summed E-state index contributed by atoms with van der Waals surface area (Å²) >= 11 is 0. The summed E-state index contributed by atoms with van der Waals surface area (Å²) in [5.41, 5.74) is 2.60. The van der Waals surface area contributed by atoms with Gasteiger partial charge in [-0.3, -0.25) is 19.7 Å². The third-order valence-electron chi connectivity index (χ3n) is 4.80. The van der Waals surface area contributed by atoms with Crippen LogP contribution in [0.25, 0.3) is 0 Å². The monoisotopic (exact) mass is 424 g/mol. The van der Waals surface area contributed by atoms with Crippen molar-refractivity contribution in [3.05, 3.63) is 59.7 Å². The number of rotatable bonds is 7. The van der Waals surface area contributed by atoms with E-state index in [9.17, 15) is 19.2 Å². The number of nitrogens with one attached hydrogen (secondary N) is 3. The molecular formula is C22H24N4O5. The third-order valence-corrected chi connectivity index (χ3v) is 4.80. The maximum absolute atomic E-state index is 12.3. The van der Waals surface area contributed by atoms with Gasteiger partial charge in [-0.2, -0.15) is 0 Å². The molecule has 0 radical (unpaired) electrons. The van der Waals surface area contributed by atoms with Crippen LogP contribution in [0, 0.1) is 0 Å². The summed E-state index contributed by atoms with van der Waals surface area (Å²) in [6.07, 6.45) is 0.826. The van der Waals surface area contributed by atoms with Crippen LogP contribution in [-0.2, 0) is 20.9 Å². The Morgan fingerprint density at radius 2 is 1.71 bits per heavy atom. The highest BCUT2D eigenvalue weighted by Gasteiger charge is 2.21. The fraction of sp³-hybridized carbons (Fsp3) is 0.273. The van der Waals surface area contributed by atoms with Crippen LogP contribution in [0.15, 0.2) is 48.5 Å². The van der Waals surface area contributed by atoms with E-state index < -0.39 is 6.09 Å². The van der Waals surface area contributed by atoms with Crippen molar-refractivity contribution < 1.29 is 23.9 Å². The van der Waals surface area contributed by atoms with Crippen LogP contribution >= 0.6 is 0 Å². The minimum absolute atomic E-state index is 0.0863. The van der Waals surface area contributed by atoms with Crippen molar-refractivity contribution in [1.29, 1.82) is 0 Å². The highest BCUT2D eigenvalue weighted by molar-refractivity contribution is 5.98. The number of nitrogens with zero attached hydrogens (tertiary/aromatic N) is 1. The molecule has 2 aromatic carbocycles. The maximum atomic E-state index is 12.3. The molecule has 9 nitrogen and oxygen atoms in total. The van der Waals surface area contributed by atoms with Gasteiger partial charge in [0.05, 0.1) is 13.7 Å². The SMILES string of the molecule is COC(=O)Nc1ccc(CNC(=O)CNC(=O)c2ccc(N3CCCC3=O)cc2)cc1. The second kappa shape index (κ2) is 10.2.